The lowest BCUT2D eigenvalue weighted by molar-refractivity contribution is 0.0526. The first kappa shape index (κ1) is 17.9. The first-order valence-corrected chi connectivity index (χ1v) is 6.09. The summed E-state index contributed by atoms with van der Waals surface area (Å²) in [6.07, 6.45) is 0. The monoisotopic (exact) mass is 240 g/mol. The summed E-state index contributed by atoms with van der Waals surface area (Å²) < 4.78 is 9.81. The van der Waals surface area contributed by atoms with Gasteiger partial charge in [-0.25, -0.2) is 4.79 Å². The fourth-order valence-corrected chi connectivity index (χ4v) is 0.964. The zero-order chi connectivity index (χ0) is 13.7. The largest absolute Gasteiger partial charge is 0.497 e. The van der Waals surface area contributed by atoms with E-state index in [1.54, 1.807) is 38.3 Å². The third-order valence-electron chi connectivity index (χ3n) is 1.58. The van der Waals surface area contributed by atoms with E-state index in [9.17, 15) is 4.79 Å². The number of hydrogen-bond donors (Lipinski definition) is 0. The Morgan fingerprint density at radius 1 is 1.18 bits per heavy atom. The molecule has 0 atom stereocenters. The first-order chi connectivity index (χ1) is 8.27. The summed E-state index contributed by atoms with van der Waals surface area (Å²) in [7, 11) is 1.56. The first-order valence-electron chi connectivity index (χ1n) is 6.09. The van der Waals surface area contributed by atoms with Gasteiger partial charge in [-0.2, -0.15) is 0 Å². The lowest BCUT2D eigenvalue weighted by Gasteiger charge is -2.03. The molecule has 17 heavy (non-hydrogen) atoms. The Kier molecular flexibility index (Phi) is 13.2. The van der Waals surface area contributed by atoms with Crippen molar-refractivity contribution in [3.63, 3.8) is 0 Å². The van der Waals surface area contributed by atoms with Crippen LogP contribution >= 0.6 is 0 Å². The summed E-state index contributed by atoms with van der Waals surface area (Å²) in [5, 5.41) is 0. The van der Waals surface area contributed by atoms with Gasteiger partial charge in [-0.15, -0.1) is 0 Å². The third-order valence-corrected chi connectivity index (χ3v) is 1.58. The lowest BCUT2D eigenvalue weighted by Crippen LogP contribution is -2.04. The maximum Gasteiger partial charge on any atom is 0.338 e. The normalized spacial score (nSPS) is 7.88. The summed E-state index contributed by atoms with van der Waals surface area (Å²) >= 11 is 0. The standard InChI is InChI=1S/C10H12O3.2C2H6/c1-3-13-10(11)8-5-4-6-9(7-8)12-2;2*1-2/h4-7H,3H2,1-2H3;2*1-2H3. The van der Waals surface area contributed by atoms with E-state index in [1.807, 2.05) is 27.7 Å². The number of rotatable bonds is 3. The van der Waals surface area contributed by atoms with Crippen molar-refractivity contribution in [2.24, 2.45) is 0 Å². The number of carbonyl (C=O) groups is 1. The second kappa shape index (κ2) is 12.6. The van der Waals surface area contributed by atoms with Crippen LogP contribution in [0.15, 0.2) is 24.3 Å². The fourth-order valence-electron chi connectivity index (χ4n) is 0.964. The van der Waals surface area contributed by atoms with Crippen LogP contribution in [0, 0.1) is 0 Å². The molecule has 0 unspecified atom stereocenters. The molecule has 3 heteroatoms. The topological polar surface area (TPSA) is 35.5 Å². The molecule has 0 aliphatic rings. The molecular weight excluding hydrogens is 216 g/mol. The van der Waals surface area contributed by atoms with Crippen LogP contribution in [0.5, 0.6) is 5.75 Å². The molecule has 0 amide bonds. The van der Waals surface area contributed by atoms with Crippen molar-refractivity contribution in [3.05, 3.63) is 29.8 Å². The molecular formula is C14H24O3. The number of benzene rings is 1. The van der Waals surface area contributed by atoms with Crippen LogP contribution in [0.25, 0.3) is 0 Å². The molecule has 0 aliphatic heterocycles. The highest BCUT2D eigenvalue weighted by Crippen LogP contribution is 2.13. The molecule has 0 radical (unpaired) electrons. The number of methoxy groups -OCH3 is 1. The number of ether oxygens (including phenoxy) is 2. The summed E-state index contributed by atoms with van der Waals surface area (Å²) in [6, 6.07) is 6.88. The van der Waals surface area contributed by atoms with Gasteiger partial charge in [-0.3, -0.25) is 0 Å². The molecule has 1 aromatic rings. The maximum atomic E-state index is 11.2. The van der Waals surface area contributed by atoms with Gasteiger partial charge < -0.3 is 9.47 Å². The highest BCUT2D eigenvalue weighted by molar-refractivity contribution is 5.89. The lowest BCUT2D eigenvalue weighted by atomic mass is 10.2. The van der Waals surface area contributed by atoms with E-state index in [2.05, 4.69) is 0 Å². The summed E-state index contributed by atoms with van der Waals surface area (Å²) in [5.74, 6) is 0.340. The van der Waals surface area contributed by atoms with Crippen molar-refractivity contribution in [2.75, 3.05) is 13.7 Å². The molecule has 1 aromatic carbocycles. The van der Waals surface area contributed by atoms with Gasteiger partial charge in [-0.1, -0.05) is 33.8 Å². The molecule has 0 saturated carbocycles. The summed E-state index contributed by atoms with van der Waals surface area (Å²) in [4.78, 5) is 11.2. The van der Waals surface area contributed by atoms with Crippen LogP contribution in [0.4, 0.5) is 0 Å². The van der Waals surface area contributed by atoms with Crippen LogP contribution in [-0.4, -0.2) is 19.7 Å². The van der Waals surface area contributed by atoms with Crippen LogP contribution in [-0.2, 0) is 4.74 Å². The van der Waals surface area contributed by atoms with E-state index in [4.69, 9.17) is 9.47 Å². The number of esters is 1. The second-order valence-electron chi connectivity index (χ2n) is 2.45. The molecule has 3 nitrogen and oxygen atoms in total. The van der Waals surface area contributed by atoms with Crippen LogP contribution in [0.1, 0.15) is 45.0 Å². The second-order valence-corrected chi connectivity index (χ2v) is 2.45. The molecule has 0 saturated heterocycles. The minimum absolute atomic E-state index is 0.318. The molecule has 0 aromatic heterocycles. The van der Waals surface area contributed by atoms with E-state index in [0.717, 1.165) is 0 Å². The molecule has 0 heterocycles. The van der Waals surface area contributed by atoms with Gasteiger partial charge in [0.05, 0.1) is 19.3 Å². The van der Waals surface area contributed by atoms with Gasteiger partial charge >= 0.3 is 5.97 Å². The number of carbonyl (C=O) groups excluding carboxylic acids is 1. The Bertz CT molecular complexity index is 295. The molecule has 0 bridgehead atoms. The number of hydrogen-bond acceptors (Lipinski definition) is 3. The minimum Gasteiger partial charge on any atom is -0.497 e. The third kappa shape index (κ3) is 7.39. The Morgan fingerprint density at radius 3 is 2.24 bits per heavy atom. The van der Waals surface area contributed by atoms with Crippen LogP contribution < -0.4 is 4.74 Å². The van der Waals surface area contributed by atoms with Gasteiger partial charge in [0.15, 0.2) is 0 Å². The molecule has 0 N–H and O–H groups in total. The average molecular weight is 240 g/mol. The SMILES string of the molecule is CC.CC.CCOC(=O)c1cccc(OC)c1. The van der Waals surface area contributed by atoms with E-state index in [1.165, 1.54) is 0 Å². The molecule has 0 aliphatic carbocycles. The average Bonchev–Trinajstić information content (AvgIpc) is 2.43. The van der Waals surface area contributed by atoms with E-state index in [-0.39, 0.29) is 5.97 Å². The van der Waals surface area contributed by atoms with Crippen molar-refractivity contribution in [1.82, 2.24) is 0 Å². The Labute approximate surface area is 105 Å². The van der Waals surface area contributed by atoms with Crippen molar-refractivity contribution in [3.8, 4) is 5.75 Å². The zero-order valence-electron chi connectivity index (χ0n) is 11.7. The Hall–Kier alpha value is -1.51. The van der Waals surface area contributed by atoms with Gasteiger partial charge in [0.2, 0.25) is 0 Å². The summed E-state index contributed by atoms with van der Waals surface area (Å²) in [6.45, 7) is 10.2. The minimum atomic E-state index is -0.318. The van der Waals surface area contributed by atoms with Crippen molar-refractivity contribution in [2.45, 2.75) is 34.6 Å². The summed E-state index contributed by atoms with van der Waals surface area (Å²) in [5.41, 5.74) is 0.515. The fraction of sp³-hybridized carbons (Fsp3) is 0.500. The maximum absolute atomic E-state index is 11.2. The van der Waals surface area contributed by atoms with Crippen molar-refractivity contribution < 1.29 is 14.3 Å². The van der Waals surface area contributed by atoms with Crippen LogP contribution in [0.3, 0.4) is 0 Å². The predicted octanol–water partition coefficient (Wildman–Crippen LogP) is 3.92. The smallest absolute Gasteiger partial charge is 0.338 e. The van der Waals surface area contributed by atoms with Crippen molar-refractivity contribution in [1.29, 1.82) is 0 Å². The predicted molar refractivity (Wildman–Crippen MR) is 71.6 cm³/mol. The Morgan fingerprint density at radius 2 is 1.76 bits per heavy atom. The van der Waals surface area contributed by atoms with Gasteiger partial charge in [0.25, 0.3) is 0 Å². The van der Waals surface area contributed by atoms with Gasteiger partial charge in [-0.05, 0) is 25.1 Å². The Balaban J connectivity index is 0. The van der Waals surface area contributed by atoms with Gasteiger partial charge in [0.1, 0.15) is 5.75 Å². The molecule has 0 spiro atoms. The van der Waals surface area contributed by atoms with Crippen molar-refractivity contribution >= 4 is 5.97 Å². The van der Waals surface area contributed by atoms with E-state index >= 15 is 0 Å². The van der Waals surface area contributed by atoms with E-state index in [0.29, 0.717) is 17.9 Å². The highest BCUT2D eigenvalue weighted by atomic mass is 16.5. The molecule has 98 valence electrons. The molecule has 1 rings (SSSR count). The van der Waals surface area contributed by atoms with Crippen LogP contribution in [0.2, 0.25) is 0 Å². The quantitative estimate of drug-likeness (QED) is 0.751. The molecule has 0 fully saturated rings. The zero-order valence-corrected chi connectivity index (χ0v) is 11.7. The highest BCUT2D eigenvalue weighted by Gasteiger charge is 2.05. The van der Waals surface area contributed by atoms with E-state index < -0.39 is 0 Å². The van der Waals surface area contributed by atoms with Gasteiger partial charge in [0, 0.05) is 0 Å².